The lowest BCUT2D eigenvalue weighted by atomic mass is 9.96. The summed E-state index contributed by atoms with van der Waals surface area (Å²) >= 11 is 0. The molecule has 0 aliphatic carbocycles. The third kappa shape index (κ3) is 5.97. The molecule has 9 rings (SSSR count). The minimum absolute atomic E-state index is 0.454. The molecular formula is C48H33N3O. The van der Waals surface area contributed by atoms with Gasteiger partial charge >= 0.3 is 0 Å². The molecule has 4 nitrogen and oxygen atoms in total. The molecule has 0 fully saturated rings. The fourth-order valence-corrected chi connectivity index (χ4v) is 6.98. The van der Waals surface area contributed by atoms with Gasteiger partial charge in [0.25, 0.3) is 0 Å². The van der Waals surface area contributed by atoms with E-state index in [1.807, 2.05) is 24.3 Å². The van der Waals surface area contributed by atoms with Crippen LogP contribution in [-0.2, 0) is 6.54 Å². The first kappa shape index (κ1) is 31.1. The van der Waals surface area contributed by atoms with Crippen LogP contribution in [0.25, 0.3) is 65.7 Å². The Labute approximate surface area is 301 Å². The Bertz CT molecular complexity index is 2830. The Kier molecular flexibility index (Phi) is 8.03. The van der Waals surface area contributed by atoms with Crippen LogP contribution in [0.15, 0.2) is 195 Å². The Hall–Kier alpha value is -6.91. The van der Waals surface area contributed by atoms with Crippen molar-refractivity contribution < 1.29 is 4.42 Å². The van der Waals surface area contributed by atoms with E-state index in [-0.39, 0.29) is 0 Å². The molecule has 1 aromatic heterocycles. The molecular weight excluding hydrogens is 635 g/mol. The van der Waals surface area contributed by atoms with Crippen molar-refractivity contribution in [3.63, 3.8) is 0 Å². The molecule has 0 aliphatic heterocycles. The van der Waals surface area contributed by atoms with E-state index < -0.39 is 0 Å². The summed E-state index contributed by atoms with van der Waals surface area (Å²) in [6, 6.07) is 60.9. The summed E-state index contributed by atoms with van der Waals surface area (Å²) < 4.78 is 6.48. The van der Waals surface area contributed by atoms with Gasteiger partial charge in [0, 0.05) is 21.9 Å². The molecule has 0 N–H and O–H groups in total. The maximum atomic E-state index is 6.48. The number of hydrogen-bond acceptors (Lipinski definition) is 2. The fourth-order valence-electron chi connectivity index (χ4n) is 6.98. The average molecular weight is 668 g/mol. The maximum Gasteiger partial charge on any atom is 0.161 e. The number of nitrogens with zero attached hydrogens (tertiary/aromatic N) is 3. The molecule has 52 heavy (non-hydrogen) atoms. The van der Waals surface area contributed by atoms with Crippen molar-refractivity contribution in [3.05, 3.63) is 193 Å². The second kappa shape index (κ2) is 13.4. The zero-order valence-corrected chi connectivity index (χ0v) is 28.4. The van der Waals surface area contributed by atoms with Gasteiger partial charge in [-0.1, -0.05) is 146 Å². The van der Waals surface area contributed by atoms with E-state index in [4.69, 9.17) is 14.4 Å². The highest BCUT2D eigenvalue weighted by Crippen LogP contribution is 2.37. The predicted octanol–water partition coefficient (Wildman–Crippen LogP) is 12.3. The molecule has 1 heterocycles. The highest BCUT2D eigenvalue weighted by atomic mass is 16.3. The number of aliphatic imine (C=N–C) groups is 3. The van der Waals surface area contributed by atoms with E-state index in [0.717, 1.165) is 60.9 Å². The lowest BCUT2D eigenvalue weighted by Crippen LogP contribution is -2.06. The molecule has 0 saturated carbocycles. The summed E-state index contributed by atoms with van der Waals surface area (Å²) in [7, 11) is 0. The lowest BCUT2D eigenvalue weighted by molar-refractivity contribution is 0.669. The minimum Gasteiger partial charge on any atom is -0.456 e. The largest absolute Gasteiger partial charge is 0.456 e. The van der Waals surface area contributed by atoms with Crippen molar-refractivity contribution in [3.8, 4) is 22.3 Å². The number of para-hydroxylation sites is 1. The van der Waals surface area contributed by atoms with E-state index >= 15 is 0 Å². The quantitative estimate of drug-likeness (QED) is 0.129. The molecule has 0 aliphatic rings. The number of amidine groups is 2. The number of hydrogen-bond donors (Lipinski definition) is 0. The summed E-state index contributed by atoms with van der Waals surface area (Å²) in [6.07, 6.45) is 0. The second-order valence-electron chi connectivity index (χ2n) is 12.9. The van der Waals surface area contributed by atoms with Gasteiger partial charge in [0.2, 0.25) is 0 Å². The first-order chi connectivity index (χ1) is 25.7. The summed E-state index contributed by atoms with van der Waals surface area (Å²) in [5, 5.41) is 6.68. The standard InChI is InChI=1S/C48H33N3O/c1-49-48(43-29-41(40-26-23-35-14-6-8-16-39(35)28-40)30-45-46(43)42-17-9-10-18-44(42)52-45)51-47(37-24-21-36(22-25-37)33-11-3-2-4-12-33)50-31-32-19-20-34-13-5-7-15-38(34)27-32/h2-30H,1,31H2. The second-order valence-corrected chi connectivity index (χ2v) is 12.9. The molecule has 246 valence electrons. The van der Waals surface area contributed by atoms with E-state index in [1.54, 1.807) is 0 Å². The number of furan rings is 1. The molecule has 0 atom stereocenters. The van der Waals surface area contributed by atoms with Crippen LogP contribution < -0.4 is 0 Å². The average Bonchev–Trinajstić information content (AvgIpc) is 3.59. The van der Waals surface area contributed by atoms with Gasteiger partial charge in [-0.2, -0.15) is 0 Å². The summed E-state index contributed by atoms with van der Waals surface area (Å²) in [4.78, 5) is 15.0. The van der Waals surface area contributed by atoms with Crippen LogP contribution in [0.5, 0.6) is 0 Å². The first-order valence-electron chi connectivity index (χ1n) is 17.4. The topological polar surface area (TPSA) is 50.2 Å². The zero-order chi connectivity index (χ0) is 34.9. The van der Waals surface area contributed by atoms with E-state index in [9.17, 15) is 0 Å². The molecule has 0 radical (unpaired) electrons. The Balaban J connectivity index is 1.21. The monoisotopic (exact) mass is 667 g/mol. The number of benzene rings is 8. The maximum absolute atomic E-state index is 6.48. The van der Waals surface area contributed by atoms with Crippen molar-refractivity contribution in [2.24, 2.45) is 15.0 Å². The molecule has 0 bridgehead atoms. The fraction of sp³-hybridized carbons (Fsp3) is 0.0208. The summed E-state index contributed by atoms with van der Waals surface area (Å²) in [5.41, 5.74) is 8.75. The highest BCUT2D eigenvalue weighted by Gasteiger charge is 2.18. The zero-order valence-electron chi connectivity index (χ0n) is 28.4. The van der Waals surface area contributed by atoms with Crippen molar-refractivity contribution in [1.82, 2.24) is 0 Å². The number of fused-ring (bicyclic) bond motifs is 5. The van der Waals surface area contributed by atoms with E-state index in [1.165, 1.54) is 21.5 Å². The van der Waals surface area contributed by atoms with Gasteiger partial charge in [0.05, 0.1) is 6.54 Å². The van der Waals surface area contributed by atoms with Gasteiger partial charge < -0.3 is 4.42 Å². The molecule has 9 aromatic rings. The van der Waals surface area contributed by atoms with Crippen molar-refractivity contribution in [2.75, 3.05) is 0 Å². The van der Waals surface area contributed by atoms with Crippen LogP contribution >= 0.6 is 0 Å². The van der Waals surface area contributed by atoms with Crippen LogP contribution in [-0.4, -0.2) is 18.4 Å². The third-order valence-corrected chi connectivity index (χ3v) is 9.64. The summed E-state index contributed by atoms with van der Waals surface area (Å²) in [5.74, 6) is 1.05. The normalized spacial score (nSPS) is 12.2. The van der Waals surface area contributed by atoms with Gasteiger partial charge in [-0.3, -0.25) is 4.99 Å². The van der Waals surface area contributed by atoms with Crippen LogP contribution in [0, 0.1) is 0 Å². The van der Waals surface area contributed by atoms with Crippen molar-refractivity contribution in [1.29, 1.82) is 0 Å². The number of rotatable bonds is 6. The van der Waals surface area contributed by atoms with Gasteiger partial charge in [-0.15, -0.1) is 0 Å². The van der Waals surface area contributed by atoms with E-state index in [0.29, 0.717) is 18.2 Å². The van der Waals surface area contributed by atoms with Crippen LogP contribution in [0.3, 0.4) is 0 Å². The molecule has 0 spiro atoms. The van der Waals surface area contributed by atoms with Gasteiger partial charge in [0.1, 0.15) is 11.2 Å². The minimum atomic E-state index is 0.454. The molecule has 0 amide bonds. The molecule has 4 heteroatoms. The van der Waals surface area contributed by atoms with E-state index in [2.05, 4.69) is 163 Å². The van der Waals surface area contributed by atoms with Crippen molar-refractivity contribution >= 4 is 61.9 Å². The molecule has 0 unspecified atom stereocenters. The van der Waals surface area contributed by atoms with Crippen molar-refractivity contribution in [2.45, 2.75) is 6.54 Å². The third-order valence-electron chi connectivity index (χ3n) is 9.64. The summed E-state index contributed by atoms with van der Waals surface area (Å²) in [6.45, 7) is 4.49. The Morgan fingerprint density at radius 3 is 1.88 bits per heavy atom. The van der Waals surface area contributed by atoms with Crippen LogP contribution in [0.4, 0.5) is 0 Å². The SMILES string of the molecule is C=NC(=NC(=NCc1ccc2ccccc2c1)c1ccc(-c2ccccc2)cc1)c1cc(-c2ccc3ccccc3c2)cc2oc3ccccc3c12. The predicted molar refractivity (Wildman–Crippen MR) is 219 cm³/mol. The highest BCUT2D eigenvalue weighted by molar-refractivity contribution is 6.22. The smallest absolute Gasteiger partial charge is 0.161 e. The van der Waals surface area contributed by atoms with Crippen LogP contribution in [0.2, 0.25) is 0 Å². The molecule has 0 saturated heterocycles. The van der Waals surface area contributed by atoms with Crippen LogP contribution in [0.1, 0.15) is 16.7 Å². The first-order valence-corrected chi connectivity index (χ1v) is 17.4. The van der Waals surface area contributed by atoms with Gasteiger partial charge in [-0.05, 0) is 86.4 Å². The lowest BCUT2D eigenvalue weighted by Gasteiger charge is -2.11. The van der Waals surface area contributed by atoms with Gasteiger partial charge in [0.15, 0.2) is 11.7 Å². The van der Waals surface area contributed by atoms with Gasteiger partial charge in [-0.25, -0.2) is 9.98 Å². The Morgan fingerprint density at radius 2 is 1.12 bits per heavy atom. The Morgan fingerprint density at radius 1 is 0.481 bits per heavy atom. The molecule has 8 aromatic carbocycles.